The fraction of sp³-hybridized carbons (Fsp3) is 0.143. The van der Waals surface area contributed by atoms with Gasteiger partial charge >= 0.3 is 0 Å². The zero-order chi connectivity index (χ0) is 47.2. The second kappa shape index (κ2) is 21.7. The Kier molecular flexibility index (Phi) is 16.9. The number of carbonyl (C=O) groups excluding carboxylic acids is 6. The van der Waals surface area contributed by atoms with Gasteiger partial charge in [-0.05, 0) is 112 Å². The molecule has 4 amide bonds. The van der Waals surface area contributed by atoms with Crippen molar-refractivity contribution in [1.82, 2.24) is 0 Å². The molecule has 2 unspecified atom stereocenters. The second-order valence-corrected chi connectivity index (χ2v) is 17.0. The smallest absolute Gasteiger partial charge is 0.258 e. The first-order valence-electron chi connectivity index (χ1n) is 18.2. The van der Waals surface area contributed by atoms with Crippen molar-refractivity contribution in [2.45, 2.75) is 39.8 Å². The minimum Gasteiger partial charge on any atom is -0.324 e. The summed E-state index contributed by atoms with van der Waals surface area (Å²) in [6.07, 6.45) is 0. The number of nitrogens with zero attached hydrogens (tertiary/aromatic N) is 4. The highest BCUT2D eigenvalue weighted by molar-refractivity contribution is 6.46. The largest absolute Gasteiger partial charge is 0.324 e. The zero-order valence-corrected chi connectivity index (χ0v) is 39.4. The summed E-state index contributed by atoms with van der Waals surface area (Å²) in [7, 11) is 0. The molecule has 0 saturated heterocycles. The van der Waals surface area contributed by atoms with Crippen LogP contribution in [0.4, 0.5) is 34.1 Å². The minimum absolute atomic E-state index is 0.0402. The summed E-state index contributed by atoms with van der Waals surface area (Å²) in [5.41, 5.74) is 1.92. The number of carbonyl (C=O) groups is 6. The van der Waals surface area contributed by atoms with Gasteiger partial charge in [0.1, 0.15) is 0 Å². The standard InChI is InChI=1S/C42H30Cl8N8O6/c1-17-5-32(52-42(64)38(20(4)60)58-56-28-10-22(8-24(44)12-28)40(62)54-34-16-26(46)14-30(48)36(34)50)18(2)6-31(17)51-41(63)37(19(3)59)57-55-27-9-21(7-23(43)11-27)39(61)53-33-15-25(45)13-29(47)35(33)49/h5-16,37-38H,1-4H3,(H,51,63)(H,52,64)(H,53,61)(H,54,62). The van der Waals surface area contributed by atoms with Crippen molar-refractivity contribution in [2.75, 3.05) is 21.3 Å². The van der Waals surface area contributed by atoms with Crippen LogP contribution >= 0.6 is 92.8 Å². The van der Waals surface area contributed by atoms with Gasteiger partial charge in [-0.2, -0.15) is 20.5 Å². The van der Waals surface area contributed by atoms with E-state index in [0.29, 0.717) is 11.1 Å². The lowest BCUT2D eigenvalue weighted by Crippen LogP contribution is -2.32. The molecule has 0 aliphatic heterocycles. The Morgan fingerprint density at radius 2 is 0.781 bits per heavy atom. The molecule has 0 bridgehead atoms. The number of Topliss-reactive ketones (excluding diaryl/α,β-unsaturated/α-hetero) is 2. The summed E-state index contributed by atoms with van der Waals surface area (Å²) in [6, 6.07) is 13.6. The van der Waals surface area contributed by atoms with Crippen molar-refractivity contribution in [1.29, 1.82) is 0 Å². The Morgan fingerprint density at radius 3 is 1.12 bits per heavy atom. The summed E-state index contributed by atoms with van der Waals surface area (Å²) in [5, 5.41) is 27.5. The van der Waals surface area contributed by atoms with Crippen LogP contribution < -0.4 is 21.3 Å². The Balaban J connectivity index is 1.27. The highest BCUT2D eigenvalue weighted by Crippen LogP contribution is 2.36. The predicted octanol–water partition coefficient (Wildman–Crippen LogP) is 13.4. The Morgan fingerprint density at radius 1 is 0.438 bits per heavy atom. The first-order chi connectivity index (χ1) is 30.1. The van der Waals surface area contributed by atoms with Gasteiger partial charge in [-0.1, -0.05) is 92.8 Å². The van der Waals surface area contributed by atoms with Crippen molar-refractivity contribution >= 4 is 162 Å². The number of ketones is 2. The lowest BCUT2D eigenvalue weighted by Gasteiger charge is -2.16. The molecule has 0 fully saturated rings. The quantitative estimate of drug-likeness (QED) is 0.0484. The number of azo groups is 2. The van der Waals surface area contributed by atoms with E-state index in [2.05, 4.69) is 41.7 Å². The van der Waals surface area contributed by atoms with E-state index in [4.69, 9.17) is 92.8 Å². The normalized spacial score (nSPS) is 12.2. The highest BCUT2D eigenvalue weighted by Gasteiger charge is 2.26. The van der Waals surface area contributed by atoms with Gasteiger partial charge in [-0.15, -0.1) is 0 Å². The molecule has 0 aliphatic carbocycles. The number of aryl methyl sites for hydroxylation is 2. The van der Waals surface area contributed by atoms with Gasteiger partial charge in [0.15, 0.2) is 11.6 Å². The first kappa shape index (κ1) is 49.8. The van der Waals surface area contributed by atoms with E-state index in [-0.39, 0.29) is 85.4 Å². The fourth-order valence-corrected chi connectivity index (χ4v) is 7.34. The molecule has 2 atom stereocenters. The van der Waals surface area contributed by atoms with E-state index in [1.165, 1.54) is 72.8 Å². The van der Waals surface area contributed by atoms with E-state index in [0.717, 1.165) is 13.8 Å². The van der Waals surface area contributed by atoms with Crippen LogP contribution in [-0.2, 0) is 19.2 Å². The van der Waals surface area contributed by atoms with Crippen LogP contribution in [0, 0.1) is 13.8 Å². The summed E-state index contributed by atoms with van der Waals surface area (Å²) in [5.74, 6) is -4.26. The van der Waals surface area contributed by atoms with Crippen LogP contribution in [0.2, 0.25) is 40.2 Å². The van der Waals surface area contributed by atoms with Crippen LogP contribution in [0.25, 0.3) is 0 Å². The van der Waals surface area contributed by atoms with Gasteiger partial charge in [0.25, 0.3) is 23.6 Å². The highest BCUT2D eigenvalue weighted by atomic mass is 35.5. The molecular formula is C42H30Cl8N8O6. The van der Waals surface area contributed by atoms with Crippen molar-refractivity contribution in [3.63, 3.8) is 0 Å². The van der Waals surface area contributed by atoms with Gasteiger partial charge in [0.2, 0.25) is 12.1 Å². The van der Waals surface area contributed by atoms with Gasteiger partial charge in [0, 0.05) is 42.6 Å². The molecule has 14 nitrogen and oxygen atoms in total. The van der Waals surface area contributed by atoms with Crippen molar-refractivity contribution < 1.29 is 28.8 Å². The molecule has 5 aromatic rings. The van der Waals surface area contributed by atoms with Gasteiger partial charge in [-0.25, -0.2) is 0 Å². The van der Waals surface area contributed by atoms with Crippen molar-refractivity contribution in [3.8, 4) is 0 Å². The molecule has 4 N–H and O–H groups in total. The van der Waals surface area contributed by atoms with Crippen LogP contribution in [0.1, 0.15) is 45.7 Å². The molecule has 5 aromatic carbocycles. The number of nitrogens with one attached hydrogen (secondary N) is 4. The van der Waals surface area contributed by atoms with E-state index in [1.54, 1.807) is 13.8 Å². The van der Waals surface area contributed by atoms with E-state index >= 15 is 0 Å². The first-order valence-corrected chi connectivity index (χ1v) is 21.2. The lowest BCUT2D eigenvalue weighted by molar-refractivity contribution is -0.127. The van der Waals surface area contributed by atoms with Gasteiger partial charge in [-0.3, -0.25) is 28.8 Å². The molecule has 330 valence electrons. The number of amides is 4. The third-order valence-corrected chi connectivity index (χ3v) is 11.2. The second-order valence-electron chi connectivity index (χ2n) is 13.7. The van der Waals surface area contributed by atoms with Crippen LogP contribution in [-0.4, -0.2) is 47.3 Å². The van der Waals surface area contributed by atoms with Crippen molar-refractivity contribution in [2.24, 2.45) is 20.5 Å². The number of halogens is 8. The summed E-state index contributed by atoms with van der Waals surface area (Å²) in [4.78, 5) is 78.2. The maximum atomic E-state index is 13.4. The third-order valence-electron chi connectivity index (χ3n) is 8.70. The van der Waals surface area contributed by atoms with Crippen LogP contribution in [0.5, 0.6) is 0 Å². The van der Waals surface area contributed by atoms with E-state index in [1.807, 2.05) is 0 Å². The topological polar surface area (TPSA) is 200 Å². The molecule has 64 heavy (non-hydrogen) atoms. The third kappa shape index (κ3) is 13.0. The molecule has 5 rings (SSSR count). The number of hydrogen-bond acceptors (Lipinski definition) is 10. The zero-order valence-electron chi connectivity index (χ0n) is 33.3. The number of rotatable bonds is 14. The Hall–Kier alpha value is -5.16. The summed E-state index contributed by atoms with van der Waals surface area (Å²) < 4.78 is 0. The molecule has 22 heteroatoms. The molecule has 0 aliphatic rings. The SMILES string of the molecule is CC(=O)C(N=Nc1cc(Cl)cc(C(=O)Nc2cc(Cl)cc(Cl)c2Cl)c1)C(=O)Nc1cc(C)c(NC(=O)C(N=Nc2cc(Cl)cc(C(=O)Nc3cc(Cl)cc(Cl)c3Cl)c2)C(C)=O)cc1C. The Bertz CT molecular complexity index is 2630. The predicted molar refractivity (Wildman–Crippen MR) is 253 cm³/mol. The van der Waals surface area contributed by atoms with E-state index < -0.39 is 47.3 Å². The van der Waals surface area contributed by atoms with E-state index in [9.17, 15) is 28.8 Å². The lowest BCUT2D eigenvalue weighted by atomic mass is 10.1. The maximum Gasteiger partial charge on any atom is 0.258 e. The molecule has 0 spiro atoms. The maximum absolute atomic E-state index is 13.4. The molecular weight excluding hydrogens is 996 g/mol. The fourth-order valence-electron chi connectivity index (χ4n) is 5.58. The molecule has 0 heterocycles. The van der Waals surface area contributed by atoms with Crippen molar-refractivity contribution in [3.05, 3.63) is 135 Å². The summed E-state index contributed by atoms with van der Waals surface area (Å²) >= 11 is 49.2. The minimum atomic E-state index is -1.62. The molecule has 0 saturated carbocycles. The Labute approximate surface area is 405 Å². The van der Waals surface area contributed by atoms with Crippen LogP contribution in [0.3, 0.4) is 0 Å². The van der Waals surface area contributed by atoms with Crippen LogP contribution in [0.15, 0.2) is 93.3 Å². The number of benzene rings is 5. The number of hydrogen-bond donors (Lipinski definition) is 4. The molecule has 0 radical (unpaired) electrons. The van der Waals surface area contributed by atoms with Gasteiger partial charge in [0.05, 0.1) is 42.8 Å². The number of anilines is 4. The van der Waals surface area contributed by atoms with Gasteiger partial charge < -0.3 is 21.3 Å². The average molecular weight is 1030 g/mol. The molecule has 0 aromatic heterocycles. The monoisotopic (exact) mass is 1020 g/mol. The average Bonchev–Trinajstić information content (AvgIpc) is 3.19. The summed E-state index contributed by atoms with van der Waals surface area (Å²) in [6.45, 7) is 5.55.